The van der Waals surface area contributed by atoms with Crippen molar-refractivity contribution in [2.45, 2.75) is 13.8 Å². The van der Waals surface area contributed by atoms with Crippen molar-refractivity contribution in [3.63, 3.8) is 0 Å². The number of hydrogen-bond acceptors (Lipinski definition) is 3. The topological polar surface area (TPSA) is 60.2 Å². The second-order valence-electron chi connectivity index (χ2n) is 5.36. The van der Waals surface area contributed by atoms with Crippen LogP contribution in [0, 0.1) is 0 Å². The minimum absolute atomic E-state index is 0.257. The quantitative estimate of drug-likeness (QED) is 0.637. The molecule has 1 aromatic carbocycles. The van der Waals surface area contributed by atoms with Crippen molar-refractivity contribution in [1.82, 2.24) is 4.40 Å². The summed E-state index contributed by atoms with van der Waals surface area (Å²) in [6, 6.07) is 9.11. The van der Waals surface area contributed by atoms with Crippen LogP contribution in [0.15, 0.2) is 47.2 Å². The first-order valence-electron chi connectivity index (χ1n) is 7.99. The molecular weight excluding hydrogens is 386 g/mol. The second kappa shape index (κ2) is 7.19. The van der Waals surface area contributed by atoms with Crippen LogP contribution in [0.5, 0.6) is 11.5 Å². The summed E-state index contributed by atoms with van der Waals surface area (Å²) in [5.74, 6) is 0.247. The number of ether oxygens (including phenoxy) is 2. The van der Waals surface area contributed by atoms with Gasteiger partial charge in [0.15, 0.2) is 11.5 Å². The van der Waals surface area contributed by atoms with E-state index in [0.717, 1.165) is 10.0 Å². The summed E-state index contributed by atoms with van der Waals surface area (Å²) in [4.78, 5) is 11.9. The van der Waals surface area contributed by atoms with Crippen LogP contribution in [0.4, 0.5) is 0 Å². The van der Waals surface area contributed by atoms with Crippen LogP contribution in [-0.2, 0) is 0 Å². The molecule has 0 aliphatic rings. The van der Waals surface area contributed by atoms with Gasteiger partial charge in [0.2, 0.25) is 0 Å². The van der Waals surface area contributed by atoms with E-state index < -0.39 is 5.97 Å². The number of aromatic nitrogens is 1. The molecule has 2 aromatic heterocycles. The van der Waals surface area contributed by atoms with Crippen LogP contribution in [0.25, 0.3) is 16.6 Å². The number of benzene rings is 1. The van der Waals surface area contributed by atoms with Crippen LogP contribution in [0.1, 0.15) is 24.2 Å². The fraction of sp³-hybridized carbons (Fsp3) is 0.211. The third kappa shape index (κ3) is 3.22. The van der Waals surface area contributed by atoms with Gasteiger partial charge in [0.25, 0.3) is 0 Å². The van der Waals surface area contributed by atoms with Crippen molar-refractivity contribution in [3.8, 4) is 22.6 Å². The summed E-state index contributed by atoms with van der Waals surface area (Å²) >= 11 is 3.54. The maximum Gasteiger partial charge on any atom is 0.338 e. The molecule has 0 spiro atoms. The van der Waals surface area contributed by atoms with Gasteiger partial charge < -0.3 is 19.0 Å². The maximum absolute atomic E-state index is 11.9. The predicted octanol–water partition coefficient (Wildman–Crippen LogP) is 4.86. The van der Waals surface area contributed by atoms with Gasteiger partial charge in [-0.2, -0.15) is 0 Å². The number of carbonyl (C=O) groups is 1. The van der Waals surface area contributed by atoms with E-state index in [-0.39, 0.29) is 5.56 Å². The Labute approximate surface area is 153 Å². The van der Waals surface area contributed by atoms with Crippen molar-refractivity contribution in [2.24, 2.45) is 0 Å². The maximum atomic E-state index is 11.9. The lowest BCUT2D eigenvalue weighted by molar-refractivity contribution is 0.0700. The van der Waals surface area contributed by atoms with Gasteiger partial charge in [-0.25, -0.2) is 4.79 Å². The van der Waals surface area contributed by atoms with Gasteiger partial charge in [0.05, 0.1) is 24.3 Å². The number of rotatable bonds is 6. The lowest BCUT2D eigenvalue weighted by Gasteiger charge is -2.14. The molecule has 0 aliphatic heterocycles. The highest BCUT2D eigenvalue weighted by Crippen LogP contribution is 2.41. The first kappa shape index (κ1) is 17.4. The molecule has 0 amide bonds. The summed E-state index contributed by atoms with van der Waals surface area (Å²) in [7, 11) is 0. The Kier molecular flexibility index (Phi) is 4.99. The van der Waals surface area contributed by atoms with Gasteiger partial charge in [0.1, 0.15) is 0 Å². The van der Waals surface area contributed by atoms with E-state index in [9.17, 15) is 9.90 Å². The standard InChI is InChI=1S/C19H18BrNO4/c1-3-24-16-9-12(14(20)10-17(16)25-4-2)13-11-21-8-6-5-7-15(21)18(13)19(22)23/h5-11H,3-4H2,1-2H3,(H,22,23). The minimum atomic E-state index is -0.970. The van der Waals surface area contributed by atoms with E-state index in [4.69, 9.17) is 9.47 Å². The average Bonchev–Trinajstić information content (AvgIpc) is 2.97. The third-order valence-corrected chi connectivity index (χ3v) is 4.48. The molecule has 0 bridgehead atoms. The Bertz CT molecular complexity index is 933. The first-order chi connectivity index (χ1) is 12.1. The Morgan fingerprint density at radius 1 is 1.12 bits per heavy atom. The molecule has 0 atom stereocenters. The molecule has 1 N–H and O–H groups in total. The van der Waals surface area contributed by atoms with Gasteiger partial charge in [-0.15, -0.1) is 0 Å². The van der Waals surface area contributed by atoms with E-state index in [1.807, 2.05) is 54.9 Å². The number of fused-ring (bicyclic) bond motifs is 1. The number of nitrogens with zero attached hydrogens (tertiary/aromatic N) is 1. The molecular formula is C19H18BrNO4. The molecule has 6 heteroatoms. The smallest absolute Gasteiger partial charge is 0.338 e. The second-order valence-corrected chi connectivity index (χ2v) is 6.22. The molecule has 0 aliphatic carbocycles. The fourth-order valence-corrected chi connectivity index (χ4v) is 3.37. The Hall–Kier alpha value is -2.47. The first-order valence-corrected chi connectivity index (χ1v) is 8.78. The van der Waals surface area contributed by atoms with Crippen LogP contribution >= 0.6 is 15.9 Å². The largest absolute Gasteiger partial charge is 0.490 e. The highest BCUT2D eigenvalue weighted by molar-refractivity contribution is 9.10. The van der Waals surface area contributed by atoms with Crippen LogP contribution in [0.2, 0.25) is 0 Å². The highest BCUT2D eigenvalue weighted by atomic mass is 79.9. The molecule has 3 aromatic rings. The molecule has 3 rings (SSSR count). The molecule has 130 valence electrons. The van der Waals surface area contributed by atoms with Crippen molar-refractivity contribution >= 4 is 27.4 Å². The average molecular weight is 404 g/mol. The number of hydrogen-bond donors (Lipinski definition) is 1. The summed E-state index contributed by atoms with van der Waals surface area (Å²) in [6.07, 6.45) is 3.64. The molecule has 0 saturated carbocycles. The SMILES string of the molecule is CCOc1cc(Br)c(-c2cn3ccccc3c2C(=O)O)cc1OCC. The van der Waals surface area contributed by atoms with Crippen LogP contribution < -0.4 is 9.47 Å². The molecule has 2 heterocycles. The van der Waals surface area contributed by atoms with Crippen molar-refractivity contribution < 1.29 is 19.4 Å². The summed E-state index contributed by atoms with van der Waals surface area (Å²) in [5, 5.41) is 9.73. The number of aromatic carboxylic acids is 1. The van der Waals surface area contributed by atoms with Crippen molar-refractivity contribution in [2.75, 3.05) is 13.2 Å². The zero-order chi connectivity index (χ0) is 18.0. The number of carboxylic acid groups (broad SMARTS) is 1. The summed E-state index contributed by atoms with van der Waals surface area (Å²) in [6.45, 7) is 4.81. The van der Waals surface area contributed by atoms with Gasteiger partial charge in [-0.05, 0) is 38.1 Å². The number of halogens is 1. The molecule has 0 saturated heterocycles. The zero-order valence-electron chi connectivity index (χ0n) is 14.0. The minimum Gasteiger partial charge on any atom is -0.490 e. The van der Waals surface area contributed by atoms with E-state index in [1.165, 1.54) is 0 Å². The third-order valence-electron chi connectivity index (χ3n) is 3.82. The summed E-state index contributed by atoms with van der Waals surface area (Å²) < 4.78 is 13.9. The summed E-state index contributed by atoms with van der Waals surface area (Å²) in [5.41, 5.74) is 2.26. The van der Waals surface area contributed by atoms with Crippen molar-refractivity contribution in [1.29, 1.82) is 0 Å². The van der Waals surface area contributed by atoms with Gasteiger partial charge >= 0.3 is 5.97 Å². The predicted molar refractivity (Wildman–Crippen MR) is 99.8 cm³/mol. The molecule has 5 nitrogen and oxygen atoms in total. The molecule has 0 radical (unpaired) electrons. The monoisotopic (exact) mass is 403 g/mol. The molecule has 25 heavy (non-hydrogen) atoms. The van der Waals surface area contributed by atoms with Crippen molar-refractivity contribution in [3.05, 3.63) is 52.8 Å². The van der Waals surface area contributed by atoms with Crippen LogP contribution in [0.3, 0.4) is 0 Å². The lowest BCUT2D eigenvalue weighted by atomic mass is 10.0. The Balaban J connectivity index is 2.25. The highest BCUT2D eigenvalue weighted by Gasteiger charge is 2.21. The number of carboxylic acids is 1. The fourth-order valence-electron chi connectivity index (χ4n) is 2.83. The number of pyridine rings is 1. The van der Waals surface area contributed by atoms with Gasteiger partial charge in [0, 0.05) is 28.0 Å². The normalized spacial score (nSPS) is 10.8. The lowest BCUT2D eigenvalue weighted by Crippen LogP contribution is -2.01. The Morgan fingerprint density at radius 2 is 1.80 bits per heavy atom. The Morgan fingerprint density at radius 3 is 2.44 bits per heavy atom. The zero-order valence-corrected chi connectivity index (χ0v) is 15.5. The van der Waals surface area contributed by atoms with Crippen LogP contribution in [-0.4, -0.2) is 28.7 Å². The molecule has 0 unspecified atom stereocenters. The van der Waals surface area contributed by atoms with E-state index in [1.54, 1.807) is 6.07 Å². The van der Waals surface area contributed by atoms with Gasteiger partial charge in [-0.1, -0.05) is 22.0 Å². The molecule has 0 fully saturated rings. The van der Waals surface area contributed by atoms with E-state index in [0.29, 0.717) is 35.8 Å². The van der Waals surface area contributed by atoms with E-state index >= 15 is 0 Å². The van der Waals surface area contributed by atoms with E-state index in [2.05, 4.69) is 15.9 Å². The van der Waals surface area contributed by atoms with Gasteiger partial charge in [-0.3, -0.25) is 0 Å².